The lowest BCUT2D eigenvalue weighted by molar-refractivity contribution is -0.128. The summed E-state index contributed by atoms with van der Waals surface area (Å²) in [5, 5.41) is 3.44. The van der Waals surface area contributed by atoms with Crippen LogP contribution in [0, 0.1) is 5.92 Å². The van der Waals surface area contributed by atoms with Crippen LogP contribution in [0.4, 0.5) is 10.6 Å². The third-order valence-electron chi connectivity index (χ3n) is 7.73. The SMILES string of the molecule is C=CC(=O)N1CCN([C@H](CC2CC2)c2ccc([C@H](C)NC3OC(=O)N(CC)c4ncncc43)cc2)CC1. The summed E-state index contributed by atoms with van der Waals surface area (Å²) < 4.78 is 5.69. The molecule has 37 heavy (non-hydrogen) atoms. The molecular weight excluding hydrogens is 468 g/mol. The van der Waals surface area contributed by atoms with E-state index < -0.39 is 12.3 Å². The highest BCUT2D eigenvalue weighted by Crippen LogP contribution is 2.40. The maximum atomic E-state index is 12.5. The number of aromatic nitrogens is 2. The lowest BCUT2D eigenvalue weighted by Gasteiger charge is -2.39. The molecule has 0 radical (unpaired) electrons. The molecular formula is C28H36N6O3. The fourth-order valence-corrected chi connectivity index (χ4v) is 5.34. The molecule has 1 saturated heterocycles. The van der Waals surface area contributed by atoms with Crippen LogP contribution in [0.1, 0.15) is 68.1 Å². The lowest BCUT2D eigenvalue weighted by Crippen LogP contribution is -2.49. The van der Waals surface area contributed by atoms with Crippen LogP contribution in [0.3, 0.4) is 0 Å². The molecule has 9 nitrogen and oxygen atoms in total. The van der Waals surface area contributed by atoms with Gasteiger partial charge in [-0.05, 0) is 43.4 Å². The number of benzene rings is 1. The number of cyclic esters (lactones) is 1. The molecule has 2 amide bonds. The van der Waals surface area contributed by atoms with Crippen LogP contribution in [0.25, 0.3) is 0 Å². The Kier molecular flexibility index (Phi) is 7.53. The number of carbonyl (C=O) groups is 2. The molecule has 1 aliphatic carbocycles. The summed E-state index contributed by atoms with van der Waals surface area (Å²) >= 11 is 0. The van der Waals surface area contributed by atoms with Gasteiger partial charge in [0.1, 0.15) is 12.1 Å². The topological polar surface area (TPSA) is 90.9 Å². The van der Waals surface area contributed by atoms with Crippen molar-refractivity contribution < 1.29 is 14.3 Å². The van der Waals surface area contributed by atoms with E-state index in [0.29, 0.717) is 18.4 Å². The molecule has 2 aliphatic heterocycles. The van der Waals surface area contributed by atoms with Crippen molar-refractivity contribution in [3.63, 3.8) is 0 Å². The predicted octanol–water partition coefficient (Wildman–Crippen LogP) is 3.97. The molecule has 3 heterocycles. The van der Waals surface area contributed by atoms with Crippen molar-refractivity contribution in [3.05, 3.63) is 66.1 Å². The Morgan fingerprint density at radius 1 is 1.19 bits per heavy atom. The standard InChI is InChI=1S/C28H36N6O3/c1-4-25(35)33-14-12-32(13-15-33)24(16-20-6-7-20)22-10-8-21(9-11-22)19(3)31-27-23-17-29-18-30-26(23)34(5-2)28(36)37-27/h4,8-11,17-20,24,27,31H,1,5-7,12-16H2,2-3H3/t19-,24+,27?/m0/s1. The Labute approximate surface area is 218 Å². The molecule has 196 valence electrons. The number of rotatable bonds is 9. The first kappa shape index (κ1) is 25.4. The number of amides is 2. The van der Waals surface area contributed by atoms with E-state index in [9.17, 15) is 9.59 Å². The average Bonchev–Trinajstić information content (AvgIpc) is 3.76. The third kappa shape index (κ3) is 5.52. The first-order valence-electron chi connectivity index (χ1n) is 13.3. The van der Waals surface area contributed by atoms with Crippen LogP contribution in [-0.2, 0) is 9.53 Å². The highest BCUT2D eigenvalue weighted by molar-refractivity contribution is 5.89. The van der Waals surface area contributed by atoms with Gasteiger partial charge in [0.25, 0.3) is 0 Å². The van der Waals surface area contributed by atoms with Gasteiger partial charge < -0.3 is 9.64 Å². The second-order valence-corrected chi connectivity index (χ2v) is 10.1. The number of hydrogen-bond acceptors (Lipinski definition) is 7. The Morgan fingerprint density at radius 2 is 1.89 bits per heavy atom. The summed E-state index contributed by atoms with van der Waals surface area (Å²) in [5.74, 6) is 1.40. The highest BCUT2D eigenvalue weighted by atomic mass is 16.6. The van der Waals surface area contributed by atoms with Crippen molar-refractivity contribution in [1.82, 2.24) is 25.1 Å². The fraction of sp³-hybridized carbons (Fsp3) is 0.500. The molecule has 9 heteroatoms. The molecule has 2 fully saturated rings. The van der Waals surface area contributed by atoms with E-state index in [2.05, 4.69) is 58.0 Å². The van der Waals surface area contributed by atoms with Crippen LogP contribution < -0.4 is 10.2 Å². The highest BCUT2D eigenvalue weighted by Gasteiger charge is 2.35. The minimum absolute atomic E-state index is 0.0180. The Hall–Kier alpha value is -3.30. The summed E-state index contributed by atoms with van der Waals surface area (Å²) in [4.78, 5) is 38.9. The monoisotopic (exact) mass is 504 g/mol. The zero-order valence-electron chi connectivity index (χ0n) is 21.7. The molecule has 2 aromatic rings. The maximum Gasteiger partial charge on any atom is 0.417 e. The molecule has 5 rings (SSSR count). The van der Waals surface area contributed by atoms with Crippen LogP contribution in [0.15, 0.2) is 49.4 Å². The van der Waals surface area contributed by atoms with Crippen LogP contribution in [0.2, 0.25) is 0 Å². The summed E-state index contributed by atoms with van der Waals surface area (Å²) in [6.45, 7) is 11.3. The molecule has 1 unspecified atom stereocenters. The summed E-state index contributed by atoms with van der Waals surface area (Å²) in [6, 6.07) is 9.08. The lowest BCUT2D eigenvalue weighted by atomic mass is 9.96. The predicted molar refractivity (Wildman–Crippen MR) is 141 cm³/mol. The second-order valence-electron chi connectivity index (χ2n) is 10.1. The average molecular weight is 505 g/mol. The molecule has 1 N–H and O–H groups in total. The van der Waals surface area contributed by atoms with Crippen molar-refractivity contribution in [1.29, 1.82) is 0 Å². The van der Waals surface area contributed by atoms with E-state index in [0.717, 1.165) is 49.6 Å². The number of nitrogens with zero attached hydrogens (tertiary/aromatic N) is 5. The van der Waals surface area contributed by atoms with Gasteiger partial charge in [0.05, 0.1) is 5.56 Å². The number of fused-ring (bicyclic) bond motifs is 1. The minimum Gasteiger partial charge on any atom is -0.425 e. The normalized spacial score (nSPS) is 21.7. The van der Waals surface area contributed by atoms with Crippen LogP contribution >= 0.6 is 0 Å². The van der Waals surface area contributed by atoms with Gasteiger partial charge in [-0.25, -0.2) is 14.8 Å². The maximum absolute atomic E-state index is 12.5. The van der Waals surface area contributed by atoms with Crippen LogP contribution in [0.5, 0.6) is 0 Å². The first-order valence-corrected chi connectivity index (χ1v) is 13.3. The number of anilines is 1. The number of piperazine rings is 1. The molecule has 3 atom stereocenters. The van der Waals surface area contributed by atoms with E-state index in [1.165, 1.54) is 35.7 Å². The Balaban J connectivity index is 1.27. The third-order valence-corrected chi connectivity index (χ3v) is 7.73. The van der Waals surface area contributed by atoms with Gasteiger partial charge in [-0.15, -0.1) is 0 Å². The summed E-state index contributed by atoms with van der Waals surface area (Å²) in [5.41, 5.74) is 3.18. The molecule has 1 aromatic heterocycles. The number of hydrogen-bond donors (Lipinski definition) is 1. The van der Waals surface area contributed by atoms with Crippen molar-refractivity contribution in [2.45, 2.75) is 51.4 Å². The summed E-state index contributed by atoms with van der Waals surface area (Å²) in [7, 11) is 0. The number of nitrogens with one attached hydrogen (secondary N) is 1. The zero-order valence-corrected chi connectivity index (χ0v) is 21.7. The van der Waals surface area contributed by atoms with Gasteiger partial charge in [-0.1, -0.05) is 43.7 Å². The molecule has 0 spiro atoms. The van der Waals surface area contributed by atoms with Crippen molar-refractivity contribution in [2.24, 2.45) is 5.92 Å². The zero-order chi connectivity index (χ0) is 25.9. The van der Waals surface area contributed by atoms with Gasteiger partial charge in [0.2, 0.25) is 5.91 Å². The largest absolute Gasteiger partial charge is 0.425 e. The smallest absolute Gasteiger partial charge is 0.417 e. The van der Waals surface area contributed by atoms with Crippen molar-refractivity contribution in [2.75, 3.05) is 37.6 Å². The fourth-order valence-electron chi connectivity index (χ4n) is 5.34. The number of ether oxygens (including phenoxy) is 1. The Morgan fingerprint density at radius 3 is 2.54 bits per heavy atom. The Bertz CT molecular complexity index is 1130. The van der Waals surface area contributed by atoms with E-state index in [-0.39, 0.29) is 11.9 Å². The van der Waals surface area contributed by atoms with Crippen LogP contribution in [-0.4, -0.2) is 64.5 Å². The van der Waals surface area contributed by atoms with E-state index >= 15 is 0 Å². The summed E-state index contributed by atoms with van der Waals surface area (Å²) in [6.07, 6.45) is 7.32. The molecule has 1 saturated carbocycles. The molecule has 3 aliphatic rings. The van der Waals surface area contributed by atoms with E-state index in [1.807, 2.05) is 11.8 Å². The minimum atomic E-state index is -0.613. The van der Waals surface area contributed by atoms with Gasteiger partial charge >= 0.3 is 6.09 Å². The molecule has 1 aromatic carbocycles. The number of carbonyl (C=O) groups excluding carboxylic acids is 2. The van der Waals surface area contributed by atoms with Gasteiger partial charge in [0, 0.05) is 51.0 Å². The van der Waals surface area contributed by atoms with Gasteiger partial charge in [-0.2, -0.15) is 0 Å². The van der Waals surface area contributed by atoms with Gasteiger partial charge in [0.15, 0.2) is 6.23 Å². The second kappa shape index (κ2) is 11.0. The van der Waals surface area contributed by atoms with Crippen molar-refractivity contribution in [3.8, 4) is 0 Å². The van der Waals surface area contributed by atoms with E-state index in [1.54, 1.807) is 6.20 Å². The van der Waals surface area contributed by atoms with Gasteiger partial charge in [-0.3, -0.25) is 19.9 Å². The quantitative estimate of drug-likeness (QED) is 0.517. The first-order chi connectivity index (χ1) is 18.0. The van der Waals surface area contributed by atoms with E-state index in [4.69, 9.17) is 4.74 Å². The molecule has 0 bridgehead atoms. The van der Waals surface area contributed by atoms with Crippen molar-refractivity contribution >= 4 is 17.8 Å².